The molecule has 0 saturated carbocycles. The lowest BCUT2D eigenvalue weighted by atomic mass is 10.0. The van der Waals surface area contributed by atoms with Gasteiger partial charge >= 0.3 is 0 Å². The van der Waals surface area contributed by atoms with Crippen LogP contribution < -0.4 is 5.32 Å². The van der Waals surface area contributed by atoms with E-state index in [4.69, 9.17) is 0 Å². The molecule has 104 valence electrons. The highest BCUT2D eigenvalue weighted by atomic mass is 16.1. The van der Waals surface area contributed by atoms with E-state index in [0.717, 1.165) is 22.3 Å². The molecule has 0 spiro atoms. The standard InChI is InChI=1S/C18H21NO/c1-12-5-7-16(8-6-12)15(4)19-18(20)17-10-13(2)9-14(3)11-17/h5-11,15H,1-4H3,(H,19,20). The largest absolute Gasteiger partial charge is 0.346 e. The Bertz CT molecular complexity index is 594. The number of rotatable bonds is 3. The van der Waals surface area contributed by atoms with Crippen LogP contribution in [0.3, 0.4) is 0 Å². The second kappa shape index (κ2) is 5.91. The summed E-state index contributed by atoms with van der Waals surface area (Å²) < 4.78 is 0. The Morgan fingerprint density at radius 1 is 0.900 bits per heavy atom. The van der Waals surface area contributed by atoms with Gasteiger partial charge in [0.15, 0.2) is 0 Å². The van der Waals surface area contributed by atoms with Crippen molar-refractivity contribution in [1.29, 1.82) is 0 Å². The van der Waals surface area contributed by atoms with E-state index in [1.165, 1.54) is 5.56 Å². The third kappa shape index (κ3) is 3.47. The summed E-state index contributed by atoms with van der Waals surface area (Å²) in [4.78, 5) is 12.3. The minimum Gasteiger partial charge on any atom is -0.346 e. The number of carbonyl (C=O) groups excluding carboxylic acids is 1. The molecule has 0 aromatic heterocycles. The van der Waals surface area contributed by atoms with Crippen LogP contribution in [0.15, 0.2) is 42.5 Å². The minimum atomic E-state index is -0.0233. The molecule has 0 fully saturated rings. The Hall–Kier alpha value is -2.09. The van der Waals surface area contributed by atoms with Gasteiger partial charge in [-0.3, -0.25) is 4.79 Å². The topological polar surface area (TPSA) is 29.1 Å². The molecule has 0 aliphatic heterocycles. The lowest BCUT2D eigenvalue weighted by Crippen LogP contribution is -2.26. The lowest BCUT2D eigenvalue weighted by molar-refractivity contribution is 0.0939. The molecule has 2 aromatic rings. The summed E-state index contributed by atoms with van der Waals surface area (Å²) in [5, 5.41) is 3.05. The van der Waals surface area contributed by atoms with Gasteiger partial charge in [0.2, 0.25) is 0 Å². The molecular formula is C18H21NO. The first-order valence-corrected chi connectivity index (χ1v) is 6.91. The van der Waals surface area contributed by atoms with Crippen molar-refractivity contribution in [2.75, 3.05) is 0 Å². The van der Waals surface area contributed by atoms with Gasteiger partial charge in [-0.05, 0) is 45.4 Å². The second-order valence-electron chi connectivity index (χ2n) is 5.48. The van der Waals surface area contributed by atoms with E-state index < -0.39 is 0 Å². The molecule has 0 radical (unpaired) electrons. The SMILES string of the molecule is Cc1ccc(C(C)NC(=O)c2cc(C)cc(C)c2)cc1. The van der Waals surface area contributed by atoms with Crippen LogP contribution in [-0.4, -0.2) is 5.91 Å². The Labute approximate surface area is 120 Å². The number of hydrogen-bond donors (Lipinski definition) is 1. The average molecular weight is 267 g/mol. The molecule has 20 heavy (non-hydrogen) atoms. The Balaban J connectivity index is 2.12. The quantitative estimate of drug-likeness (QED) is 0.891. The molecule has 0 saturated heterocycles. The molecule has 0 aliphatic carbocycles. The van der Waals surface area contributed by atoms with E-state index in [1.807, 2.05) is 32.9 Å². The molecule has 1 amide bonds. The molecule has 0 heterocycles. The van der Waals surface area contributed by atoms with Crippen LogP contribution in [0.2, 0.25) is 0 Å². The second-order valence-corrected chi connectivity index (χ2v) is 5.48. The summed E-state index contributed by atoms with van der Waals surface area (Å²) in [6.45, 7) is 8.08. The Kier molecular flexibility index (Phi) is 4.23. The highest BCUT2D eigenvalue weighted by Crippen LogP contribution is 2.15. The van der Waals surface area contributed by atoms with E-state index in [0.29, 0.717) is 0 Å². The predicted octanol–water partition coefficient (Wildman–Crippen LogP) is 4.10. The van der Waals surface area contributed by atoms with Crippen molar-refractivity contribution >= 4 is 5.91 Å². The third-order valence-corrected chi connectivity index (χ3v) is 3.41. The van der Waals surface area contributed by atoms with Gasteiger partial charge in [-0.2, -0.15) is 0 Å². The fourth-order valence-corrected chi connectivity index (χ4v) is 2.32. The summed E-state index contributed by atoms with van der Waals surface area (Å²) in [5.74, 6) is -0.0233. The summed E-state index contributed by atoms with van der Waals surface area (Å²) in [6, 6.07) is 14.2. The van der Waals surface area contributed by atoms with Crippen molar-refractivity contribution < 1.29 is 4.79 Å². The smallest absolute Gasteiger partial charge is 0.251 e. The zero-order valence-electron chi connectivity index (χ0n) is 12.5. The van der Waals surface area contributed by atoms with Crippen LogP contribution in [0.5, 0.6) is 0 Å². The molecule has 2 heteroatoms. The normalized spacial score (nSPS) is 12.0. The van der Waals surface area contributed by atoms with Gasteiger partial charge in [-0.25, -0.2) is 0 Å². The minimum absolute atomic E-state index is 0.00363. The maximum atomic E-state index is 12.3. The first-order chi connectivity index (χ1) is 9.45. The van der Waals surface area contributed by atoms with E-state index in [2.05, 4.69) is 42.6 Å². The highest BCUT2D eigenvalue weighted by molar-refractivity contribution is 5.94. The Morgan fingerprint density at radius 3 is 2.00 bits per heavy atom. The summed E-state index contributed by atoms with van der Waals surface area (Å²) in [5.41, 5.74) is 5.28. The molecule has 1 atom stereocenters. The third-order valence-electron chi connectivity index (χ3n) is 3.41. The fraction of sp³-hybridized carbons (Fsp3) is 0.278. The lowest BCUT2D eigenvalue weighted by Gasteiger charge is -2.15. The molecule has 0 aliphatic rings. The van der Waals surface area contributed by atoms with Crippen molar-refractivity contribution in [1.82, 2.24) is 5.32 Å². The number of hydrogen-bond acceptors (Lipinski definition) is 1. The van der Waals surface area contributed by atoms with E-state index in [1.54, 1.807) is 0 Å². The van der Waals surface area contributed by atoms with Crippen molar-refractivity contribution in [3.05, 3.63) is 70.3 Å². The van der Waals surface area contributed by atoms with Gasteiger partial charge in [-0.1, -0.05) is 47.0 Å². The number of nitrogens with one attached hydrogen (secondary N) is 1. The van der Waals surface area contributed by atoms with Crippen LogP contribution in [0.25, 0.3) is 0 Å². The molecule has 2 nitrogen and oxygen atoms in total. The van der Waals surface area contributed by atoms with E-state index in [-0.39, 0.29) is 11.9 Å². The zero-order chi connectivity index (χ0) is 14.7. The van der Waals surface area contributed by atoms with E-state index >= 15 is 0 Å². The Morgan fingerprint density at radius 2 is 1.45 bits per heavy atom. The average Bonchev–Trinajstić information content (AvgIpc) is 2.38. The van der Waals surface area contributed by atoms with Crippen molar-refractivity contribution in [2.24, 2.45) is 0 Å². The van der Waals surface area contributed by atoms with Crippen LogP contribution in [0.1, 0.15) is 45.6 Å². The maximum absolute atomic E-state index is 12.3. The number of carbonyl (C=O) groups is 1. The first kappa shape index (κ1) is 14.3. The van der Waals surface area contributed by atoms with Crippen molar-refractivity contribution in [3.8, 4) is 0 Å². The van der Waals surface area contributed by atoms with Crippen molar-refractivity contribution in [2.45, 2.75) is 33.7 Å². The molecule has 1 N–H and O–H groups in total. The number of benzene rings is 2. The van der Waals surface area contributed by atoms with Crippen molar-refractivity contribution in [3.63, 3.8) is 0 Å². The zero-order valence-corrected chi connectivity index (χ0v) is 12.5. The van der Waals surface area contributed by atoms with Crippen LogP contribution in [0, 0.1) is 20.8 Å². The molecular weight excluding hydrogens is 246 g/mol. The van der Waals surface area contributed by atoms with E-state index in [9.17, 15) is 4.79 Å². The van der Waals surface area contributed by atoms with Crippen LogP contribution in [-0.2, 0) is 0 Å². The summed E-state index contributed by atoms with van der Waals surface area (Å²) >= 11 is 0. The summed E-state index contributed by atoms with van der Waals surface area (Å²) in [6.07, 6.45) is 0. The molecule has 0 bridgehead atoms. The van der Waals surface area contributed by atoms with Gasteiger partial charge < -0.3 is 5.32 Å². The first-order valence-electron chi connectivity index (χ1n) is 6.91. The van der Waals surface area contributed by atoms with Gasteiger partial charge in [0.25, 0.3) is 5.91 Å². The van der Waals surface area contributed by atoms with Gasteiger partial charge in [0.1, 0.15) is 0 Å². The number of aryl methyl sites for hydroxylation is 3. The summed E-state index contributed by atoms with van der Waals surface area (Å²) in [7, 11) is 0. The molecule has 1 unspecified atom stereocenters. The van der Waals surface area contributed by atoms with Crippen LogP contribution in [0.4, 0.5) is 0 Å². The van der Waals surface area contributed by atoms with Crippen LogP contribution >= 0.6 is 0 Å². The van der Waals surface area contributed by atoms with Gasteiger partial charge in [-0.15, -0.1) is 0 Å². The van der Waals surface area contributed by atoms with Gasteiger partial charge in [0.05, 0.1) is 6.04 Å². The monoisotopic (exact) mass is 267 g/mol. The number of amides is 1. The fourth-order valence-electron chi connectivity index (χ4n) is 2.32. The molecule has 2 rings (SSSR count). The predicted molar refractivity (Wildman–Crippen MR) is 83.0 cm³/mol. The van der Waals surface area contributed by atoms with Gasteiger partial charge in [0, 0.05) is 5.56 Å². The maximum Gasteiger partial charge on any atom is 0.251 e. The highest BCUT2D eigenvalue weighted by Gasteiger charge is 2.11. The molecule has 2 aromatic carbocycles.